The molecule has 134 valence electrons. The summed E-state index contributed by atoms with van der Waals surface area (Å²) in [5.41, 5.74) is -0.121. The van der Waals surface area contributed by atoms with Crippen LogP contribution in [0.2, 0.25) is 0 Å². The molecule has 0 aromatic rings. The number of carbonyl (C=O) groups excluding carboxylic acids is 2. The number of hydrogen-bond acceptors (Lipinski definition) is 5. The fraction of sp³-hybridized carbons (Fsp3) is 0.765. The van der Waals surface area contributed by atoms with Crippen LogP contribution in [-0.2, 0) is 18.8 Å². The second-order valence-electron chi connectivity index (χ2n) is 8.41. The maximum absolute atomic E-state index is 12.2. The molecule has 2 aliphatic rings. The minimum atomic E-state index is -0.561. The third-order valence-electron chi connectivity index (χ3n) is 4.76. The van der Waals surface area contributed by atoms with Gasteiger partial charge in [-0.15, -0.1) is 0 Å². The van der Waals surface area contributed by atoms with E-state index in [0.29, 0.717) is 18.5 Å². The molecule has 0 bridgehead atoms. The van der Waals surface area contributed by atoms with Gasteiger partial charge in [0.1, 0.15) is 11.9 Å². The van der Waals surface area contributed by atoms with Gasteiger partial charge in [0.25, 0.3) is 0 Å². The minimum Gasteiger partial charge on any atom is -0.444 e. The monoisotopic (exact) mass is 337 g/mol. The van der Waals surface area contributed by atoms with Gasteiger partial charge in [0, 0.05) is 12.1 Å². The van der Waals surface area contributed by atoms with E-state index in [1.165, 1.54) is 0 Å². The molecule has 0 spiro atoms. The van der Waals surface area contributed by atoms with Crippen molar-refractivity contribution in [1.29, 1.82) is 0 Å². The third kappa shape index (κ3) is 3.83. The molecule has 1 fully saturated rings. The highest BCUT2D eigenvalue weighted by molar-refractivity contribution is 6.55. The molecule has 2 rings (SSSR count). The van der Waals surface area contributed by atoms with Crippen LogP contribution in [0.15, 0.2) is 11.0 Å². The van der Waals surface area contributed by atoms with E-state index in [2.05, 4.69) is 0 Å². The van der Waals surface area contributed by atoms with Crippen LogP contribution in [0.25, 0.3) is 0 Å². The van der Waals surface area contributed by atoms with Crippen molar-refractivity contribution >= 4 is 19.5 Å². The Kier molecular flexibility index (Phi) is 4.90. The van der Waals surface area contributed by atoms with Crippen molar-refractivity contribution in [3.05, 3.63) is 11.0 Å². The highest BCUT2D eigenvalue weighted by Crippen LogP contribution is 2.40. The molecule has 7 heteroatoms. The van der Waals surface area contributed by atoms with E-state index < -0.39 is 30.0 Å². The summed E-state index contributed by atoms with van der Waals surface area (Å²) in [7, 11) is -0.545. The van der Waals surface area contributed by atoms with Gasteiger partial charge in [-0.25, -0.2) is 4.79 Å². The van der Waals surface area contributed by atoms with Gasteiger partial charge in [-0.2, -0.15) is 0 Å². The Labute approximate surface area is 144 Å². The van der Waals surface area contributed by atoms with Gasteiger partial charge in [0.15, 0.2) is 0 Å². The Morgan fingerprint density at radius 1 is 1.21 bits per heavy atom. The van der Waals surface area contributed by atoms with Crippen LogP contribution in [0.3, 0.4) is 0 Å². The van der Waals surface area contributed by atoms with E-state index in [4.69, 9.17) is 14.0 Å². The van der Waals surface area contributed by atoms with Crippen LogP contribution in [-0.4, -0.2) is 54.3 Å². The second-order valence-corrected chi connectivity index (χ2v) is 8.41. The molecular formula is C17H28BNO5. The van der Waals surface area contributed by atoms with Crippen molar-refractivity contribution in [2.24, 2.45) is 0 Å². The van der Waals surface area contributed by atoms with Crippen LogP contribution in [0.1, 0.15) is 54.9 Å². The number of ether oxygens (including phenoxy) is 1. The van der Waals surface area contributed by atoms with Gasteiger partial charge in [-0.3, -0.25) is 4.79 Å². The van der Waals surface area contributed by atoms with Crippen LogP contribution in [0.5, 0.6) is 0 Å². The van der Waals surface area contributed by atoms with Crippen molar-refractivity contribution in [3.8, 4) is 0 Å². The molecular weight excluding hydrogens is 309 g/mol. The quantitative estimate of drug-likeness (QED) is 0.573. The first kappa shape index (κ1) is 19.0. The maximum Gasteiger partial charge on any atom is 0.491 e. The van der Waals surface area contributed by atoms with Crippen molar-refractivity contribution in [1.82, 2.24) is 4.90 Å². The first-order chi connectivity index (χ1) is 10.9. The van der Waals surface area contributed by atoms with Crippen LogP contribution in [0, 0.1) is 0 Å². The molecule has 2 heterocycles. The predicted molar refractivity (Wildman–Crippen MR) is 91.6 cm³/mol. The lowest BCUT2D eigenvalue weighted by Crippen LogP contribution is -2.43. The first-order valence-electron chi connectivity index (χ1n) is 8.37. The summed E-state index contributed by atoms with van der Waals surface area (Å²) in [6, 6.07) is 0. The molecule has 2 aliphatic heterocycles. The van der Waals surface area contributed by atoms with Gasteiger partial charge in [-0.05, 0) is 60.4 Å². The van der Waals surface area contributed by atoms with Gasteiger partial charge in [0.2, 0.25) is 0 Å². The van der Waals surface area contributed by atoms with E-state index in [9.17, 15) is 9.59 Å². The van der Waals surface area contributed by atoms with Crippen molar-refractivity contribution < 1.29 is 23.6 Å². The Morgan fingerprint density at radius 3 is 2.21 bits per heavy atom. The first-order valence-corrected chi connectivity index (χ1v) is 8.37. The zero-order valence-electron chi connectivity index (χ0n) is 15.8. The average molecular weight is 337 g/mol. The number of rotatable bonds is 2. The van der Waals surface area contributed by atoms with Crippen molar-refractivity contribution in [3.63, 3.8) is 0 Å². The molecule has 0 saturated carbocycles. The maximum atomic E-state index is 12.2. The second kappa shape index (κ2) is 6.19. The van der Waals surface area contributed by atoms with E-state index in [0.717, 1.165) is 11.8 Å². The molecule has 0 N–H and O–H groups in total. The highest BCUT2D eigenvalue weighted by Gasteiger charge is 2.53. The average Bonchev–Trinajstić information content (AvgIpc) is 2.64. The van der Waals surface area contributed by atoms with Crippen molar-refractivity contribution in [2.45, 2.75) is 71.7 Å². The molecule has 0 aromatic carbocycles. The number of amides is 1. The fourth-order valence-corrected chi connectivity index (χ4v) is 2.65. The largest absolute Gasteiger partial charge is 0.491 e. The zero-order valence-corrected chi connectivity index (χ0v) is 15.8. The smallest absolute Gasteiger partial charge is 0.444 e. The summed E-state index contributed by atoms with van der Waals surface area (Å²) in [6.45, 7) is 14.1. The summed E-state index contributed by atoms with van der Waals surface area (Å²) in [5, 5.41) is 0. The number of carbonyl (C=O) groups is 2. The molecule has 6 nitrogen and oxygen atoms in total. The van der Waals surface area contributed by atoms with Crippen LogP contribution < -0.4 is 0 Å². The third-order valence-corrected chi connectivity index (χ3v) is 4.76. The Balaban J connectivity index is 2.16. The molecule has 0 atom stereocenters. The van der Waals surface area contributed by atoms with Gasteiger partial charge >= 0.3 is 13.2 Å². The van der Waals surface area contributed by atoms with Crippen molar-refractivity contribution in [2.75, 3.05) is 13.1 Å². The van der Waals surface area contributed by atoms with E-state index in [1.54, 1.807) is 4.90 Å². The summed E-state index contributed by atoms with van der Waals surface area (Å²) >= 11 is 0. The normalized spacial score (nSPS) is 23.5. The van der Waals surface area contributed by atoms with Gasteiger partial charge < -0.3 is 18.9 Å². The topological polar surface area (TPSA) is 65.1 Å². The lowest BCUT2D eigenvalue weighted by atomic mass is 9.72. The fourth-order valence-electron chi connectivity index (χ4n) is 2.65. The zero-order chi connectivity index (χ0) is 18.3. The molecule has 1 amide bonds. The Hall–Kier alpha value is -1.34. The number of hydrogen-bond donors (Lipinski definition) is 0. The minimum absolute atomic E-state index is 0.220. The number of aldehydes is 1. The van der Waals surface area contributed by atoms with E-state index in [-0.39, 0.29) is 6.54 Å². The predicted octanol–water partition coefficient (Wildman–Crippen LogP) is 2.75. The molecule has 0 radical (unpaired) electrons. The summed E-state index contributed by atoms with van der Waals surface area (Å²) in [4.78, 5) is 25.3. The van der Waals surface area contributed by atoms with E-state index in [1.807, 2.05) is 48.5 Å². The molecule has 0 unspecified atom stereocenters. The van der Waals surface area contributed by atoms with E-state index >= 15 is 0 Å². The number of nitrogens with zero attached hydrogens (tertiary/aromatic N) is 1. The molecule has 24 heavy (non-hydrogen) atoms. The highest BCUT2D eigenvalue weighted by atomic mass is 16.7. The molecule has 1 saturated heterocycles. The SMILES string of the molecule is CC(C)(C)OC(=O)N1CCC(B2OC(C)(C)C(C)(C)O2)=C(C=O)C1. The van der Waals surface area contributed by atoms with Crippen LogP contribution in [0.4, 0.5) is 4.79 Å². The molecule has 0 aliphatic carbocycles. The molecule has 0 aromatic heterocycles. The Bertz CT molecular complexity index is 546. The lowest BCUT2D eigenvalue weighted by molar-refractivity contribution is -0.105. The summed E-state index contributed by atoms with van der Waals surface area (Å²) in [6.07, 6.45) is 0.913. The van der Waals surface area contributed by atoms with Crippen LogP contribution >= 0.6 is 0 Å². The standard InChI is InChI=1S/C17H28BNO5/c1-15(2,3)22-14(21)19-9-8-13(12(10-19)11-20)18-23-16(4,5)17(6,7)24-18/h11H,8-10H2,1-7H3. The lowest BCUT2D eigenvalue weighted by Gasteiger charge is -2.32. The Morgan fingerprint density at radius 2 is 1.75 bits per heavy atom. The summed E-state index contributed by atoms with van der Waals surface area (Å²) in [5.74, 6) is 0. The summed E-state index contributed by atoms with van der Waals surface area (Å²) < 4.78 is 17.5. The van der Waals surface area contributed by atoms with Gasteiger partial charge in [-0.1, -0.05) is 0 Å². The van der Waals surface area contributed by atoms with Gasteiger partial charge in [0.05, 0.1) is 17.7 Å².